The van der Waals surface area contributed by atoms with Crippen molar-refractivity contribution in [3.05, 3.63) is 74.9 Å². The minimum absolute atomic E-state index is 0.00779. The summed E-state index contributed by atoms with van der Waals surface area (Å²) in [4.78, 5) is 10.5. The first-order valence-electron chi connectivity index (χ1n) is 11.9. The summed E-state index contributed by atoms with van der Waals surface area (Å²) in [5.41, 5.74) is 7.83. The molecule has 1 fully saturated rings. The molecule has 1 aliphatic heterocycles. The van der Waals surface area contributed by atoms with E-state index in [0.29, 0.717) is 22.5 Å². The van der Waals surface area contributed by atoms with Crippen LogP contribution in [0, 0.1) is 28.0 Å². The first-order chi connectivity index (χ1) is 17.9. The maximum atomic E-state index is 14.8. The fourth-order valence-corrected chi connectivity index (χ4v) is 7.31. The van der Waals surface area contributed by atoms with E-state index in [1.165, 1.54) is 18.5 Å². The van der Waals surface area contributed by atoms with Gasteiger partial charge in [0.25, 0.3) is 0 Å². The van der Waals surface area contributed by atoms with Gasteiger partial charge in [0.2, 0.25) is 0 Å². The molecule has 0 saturated carbocycles. The highest BCUT2D eigenvalue weighted by Gasteiger charge is 2.40. The lowest BCUT2D eigenvalue weighted by molar-refractivity contribution is 0.216. The molecule has 3 aromatic rings. The van der Waals surface area contributed by atoms with Gasteiger partial charge in [-0.3, -0.25) is 10.4 Å². The molecule has 198 valence electrons. The Morgan fingerprint density at radius 1 is 1.26 bits per heavy atom. The molecule has 2 aromatic heterocycles. The number of nitrogens with two attached hydrogens (primary N) is 1. The van der Waals surface area contributed by atoms with Gasteiger partial charge < -0.3 is 15.4 Å². The number of nitriles is 1. The molecule has 0 bridgehead atoms. The van der Waals surface area contributed by atoms with Crippen molar-refractivity contribution in [2.45, 2.75) is 20.0 Å². The molecule has 1 atom stereocenters. The van der Waals surface area contributed by atoms with Gasteiger partial charge in [0.05, 0.1) is 21.3 Å². The number of halogens is 3. The molecule has 0 spiro atoms. The molecule has 11 heteroatoms. The van der Waals surface area contributed by atoms with E-state index < -0.39 is 11.9 Å². The van der Waals surface area contributed by atoms with Gasteiger partial charge in [0.1, 0.15) is 18.0 Å². The van der Waals surface area contributed by atoms with Crippen molar-refractivity contribution in [2.24, 2.45) is 5.41 Å². The van der Waals surface area contributed by atoms with Crippen LogP contribution in [0.25, 0.3) is 0 Å². The summed E-state index contributed by atoms with van der Waals surface area (Å²) in [6.45, 7) is 10.1. The van der Waals surface area contributed by atoms with E-state index in [1.807, 2.05) is 0 Å². The summed E-state index contributed by atoms with van der Waals surface area (Å²) in [6, 6.07) is 6.29. The lowest BCUT2D eigenvalue weighted by Gasteiger charge is -2.50. The Hall–Kier alpha value is -2.98. The molecule has 4 rings (SSSR count). The maximum Gasteiger partial charge on any atom is 0.167 e. The number of hydrogen-bond acceptors (Lipinski definition) is 7. The molecule has 0 unspecified atom stereocenters. The van der Waals surface area contributed by atoms with Crippen molar-refractivity contribution in [3.8, 4) is 11.8 Å². The minimum Gasteiger partial charge on any atom is -0.483 e. The van der Waals surface area contributed by atoms with Crippen LogP contribution >= 0.6 is 31.1 Å². The quantitative estimate of drug-likeness (QED) is 0.181. The van der Waals surface area contributed by atoms with Crippen LogP contribution in [0.3, 0.4) is 0 Å². The van der Waals surface area contributed by atoms with Crippen LogP contribution in [-0.4, -0.2) is 48.3 Å². The Morgan fingerprint density at radius 3 is 2.53 bits per heavy atom. The molecular formula is C27H28Cl2FN6OP. The van der Waals surface area contributed by atoms with E-state index in [1.54, 1.807) is 19.2 Å². The Balaban J connectivity index is 1.59. The van der Waals surface area contributed by atoms with Gasteiger partial charge >= 0.3 is 0 Å². The van der Waals surface area contributed by atoms with Crippen LogP contribution in [0.2, 0.25) is 10.0 Å². The molecular weight excluding hydrogens is 545 g/mol. The SMILES string of the molecule is C[C@@H](Oc1cc(C(=N)c2cnc(N3CC(C)(CP(C)C)C3)c(C#N)c2)c(N)cc1F)c1c(Cl)cncc1Cl. The monoisotopic (exact) mass is 572 g/mol. The molecule has 38 heavy (non-hydrogen) atoms. The molecule has 0 aliphatic carbocycles. The smallest absolute Gasteiger partial charge is 0.167 e. The third kappa shape index (κ3) is 5.71. The molecule has 7 nitrogen and oxygen atoms in total. The second kappa shape index (κ2) is 11.0. The molecule has 1 aromatic carbocycles. The normalized spacial score (nSPS) is 15.1. The lowest BCUT2D eigenvalue weighted by Crippen LogP contribution is -2.56. The second-order valence-corrected chi connectivity index (χ2v) is 13.4. The van der Waals surface area contributed by atoms with Crippen molar-refractivity contribution < 1.29 is 9.13 Å². The highest BCUT2D eigenvalue weighted by molar-refractivity contribution is 7.56. The summed E-state index contributed by atoms with van der Waals surface area (Å²) in [5.74, 6) is -0.205. The summed E-state index contributed by atoms with van der Waals surface area (Å²) in [6.07, 6.45) is 4.86. The summed E-state index contributed by atoms with van der Waals surface area (Å²) >= 11 is 12.4. The van der Waals surface area contributed by atoms with Crippen LogP contribution < -0.4 is 15.4 Å². The average Bonchev–Trinajstić information content (AvgIpc) is 2.82. The van der Waals surface area contributed by atoms with E-state index in [4.69, 9.17) is 39.1 Å². The third-order valence-corrected chi connectivity index (χ3v) is 8.39. The summed E-state index contributed by atoms with van der Waals surface area (Å²) in [5, 5.41) is 19.2. The number of hydrogen-bond donors (Lipinski definition) is 2. The Kier molecular flexibility index (Phi) is 8.13. The first kappa shape index (κ1) is 28.0. The van der Waals surface area contributed by atoms with E-state index in [-0.39, 0.29) is 46.1 Å². The summed E-state index contributed by atoms with van der Waals surface area (Å²) in [7, 11) is -0.0175. The number of nitrogen functional groups attached to an aromatic ring is 1. The zero-order valence-electron chi connectivity index (χ0n) is 21.5. The number of nitrogens with zero attached hydrogens (tertiary/aromatic N) is 4. The highest BCUT2D eigenvalue weighted by atomic mass is 35.5. The van der Waals surface area contributed by atoms with E-state index in [2.05, 4.69) is 41.2 Å². The van der Waals surface area contributed by atoms with Crippen LogP contribution in [0.1, 0.15) is 42.2 Å². The number of pyridine rings is 2. The standard InChI is InChI=1S/C27H28Cl2FN6OP/c1-15(24-19(28)10-34-11-20(24)29)37-23-6-18(22(32)7-21(23)30)25(33)17-5-16(8-31)26(35-9-17)36-12-27(2,13-36)14-38(3)4/h5-7,9-11,15,33H,12-14,32H2,1-4H3/t15-/m1/s1. The van der Waals surface area contributed by atoms with Gasteiger partial charge in [-0.15, -0.1) is 7.92 Å². The fraction of sp³-hybridized carbons (Fsp3) is 0.333. The van der Waals surface area contributed by atoms with Gasteiger partial charge in [-0.2, -0.15) is 5.26 Å². The maximum absolute atomic E-state index is 14.8. The number of aromatic nitrogens is 2. The Bertz CT molecular complexity index is 1420. The molecule has 1 saturated heterocycles. The second-order valence-electron chi connectivity index (χ2n) is 10.1. The Morgan fingerprint density at radius 2 is 1.92 bits per heavy atom. The van der Waals surface area contributed by atoms with Crippen molar-refractivity contribution in [2.75, 3.05) is 43.2 Å². The van der Waals surface area contributed by atoms with Gasteiger partial charge in [-0.1, -0.05) is 30.1 Å². The fourth-order valence-electron chi connectivity index (χ4n) is 4.91. The molecule has 0 amide bonds. The van der Waals surface area contributed by atoms with Crippen molar-refractivity contribution in [1.82, 2.24) is 9.97 Å². The van der Waals surface area contributed by atoms with E-state index in [9.17, 15) is 9.65 Å². The number of nitrogens with one attached hydrogen (secondary N) is 1. The van der Waals surface area contributed by atoms with Crippen molar-refractivity contribution in [3.63, 3.8) is 0 Å². The van der Waals surface area contributed by atoms with Crippen molar-refractivity contribution >= 4 is 48.3 Å². The zero-order valence-corrected chi connectivity index (χ0v) is 23.9. The van der Waals surface area contributed by atoms with Crippen molar-refractivity contribution in [1.29, 1.82) is 10.7 Å². The Labute approximate surface area is 233 Å². The molecule has 3 heterocycles. The van der Waals surface area contributed by atoms with E-state index in [0.717, 1.165) is 25.3 Å². The number of benzene rings is 1. The molecule has 1 aliphatic rings. The third-order valence-electron chi connectivity index (χ3n) is 6.39. The highest BCUT2D eigenvalue weighted by Crippen LogP contribution is 2.43. The summed E-state index contributed by atoms with van der Waals surface area (Å²) < 4.78 is 20.6. The number of rotatable bonds is 8. The van der Waals surface area contributed by atoms with Crippen LogP contribution in [-0.2, 0) is 0 Å². The number of ether oxygens (including phenoxy) is 1. The first-order valence-corrected chi connectivity index (χ1v) is 15.0. The topological polar surface area (TPSA) is 112 Å². The molecule has 0 radical (unpaired) electrons. The van der Waals surface area contributed by atoms with Gasteiger partial charge in [0.15, 0.2) is 11.6 Å². The molecule has 3 N–H and O–H groups in total. The minimum atomic E-state index is -0.705. The van der Waals surface area contributed by atoms with Crippen LogP contribution in [0.15, 0.2) is 36.8 Å². The van der Waals surface area contributed by atoms with E-state index >= 15 is 0 Å². The van der Waals surface area contributed by atoms with Crippen LogP contribution in [0.4, 0.5) is 15.9 Å². The largest absolute Gasteiger partial charge is 0.483 e. The lowest BCUT2D eigenvalue weighted by atomic mass is 9.84. The van der Waals surface area contributed by atoms with Gasteiger partial charge in [-0.25, -0.2) is 9.37 Å². The predicted molar refractivity (Wildman–Crippen MR) is 153 cm³/mol. The van der Waals surface area contributed by atoms with Gasteiger partial charge in [0, 0.05) is 65.5 Å². The van der Waals surface area contributed by atoms with Crippen LogP contribution in [0.5, 0.6) is 5.75 Å². The predicted octanol–water partition coefficient (Wildman–Crippen LogP) is 6.50. The zero-order chi connectivity index (χ0) is 27.8. The van der Waals surface area contributed by atoms with Gasteiger partial charge in [-0.05, 0) is 38.5 Å². The number of anilines is 2. The average molecular weight is 573 g/mol.